The minimum Gasteiger partial charge on any atom is -0.387 e. The number of aliphatic hydroxyl groups excluding tert-OH is 1. The van der Waals surface area contributed by atoms with E-state index in [2.05, 4.69) is 10.3 Å². The normalized spacial score (nSPS) is 13.2. The van der Waals surface area contributed by atoms with Gasteiger partial charge in [0.05, 0.1) is 27.8 Å². The number of hydrogen-bond donors (Lipinski definition) is 4. The second-order valence-electron chi connectivity index (χ2n) is 9.75. The highest BCUT2D eigenvalue weighted by molar-refractivity contribution is 6.45. The first-order valence-corrected chi connectivity index (χ1v) is 14.1. The van der Waals surface area contributed by atoms with E-state index in [-0.39, 0.29) is 11.8 Å². The maximum atomic E-state index is 12.2. The molecule has 0 bridgehead atoms. The molecule has 4 rings (SSSR count). The van der Waals surface area contributed by atoms with E-state index in [1.165, 1.54) is 6.42 Å². The van der Waals surface area contributed by atoms with Crippen LogP contribution >= 0.6 is 23.2 Å². The average Bonchev–Trinajstić information content (AvgIpc) is 3.54. The van der Waals surface area contributed by atoms with E-state index in [9.17, 15) is 14.7 Å². The molecule has 1 aromatic carbocycles. The van der Waals surface area contributed by atoms with Crippen molar-refractivity contribution in [3.05, 3.63) is 39.6 Å². The van der Waals surface area contributed by atoms with Crippen LogP contribution in [0, 0.1) is 0 Å². The van der Waals surface area contributed by atoms with Crippen LogP contribution in [-0.2, 0) is 29.1 Å². The Morgan fingerprint density at radius 3 is 2.68 bits per heavy atom. The van der Waals surface area contributed by atoms with Gasteiger partial charge in [0.25, 0.3) is 0 Å². The van der Waals surface area contributed by atoms with E-state index in [4.69, 9.17) is 34.0 Å². The summed E-state index contributed by atoms with van der Waals surface area (Å²) in [5, 5.41) is 18.8. The molecule has 0 saturated carbocycles. The molecule has 0 unspecified atom stereocenters. The van der Waals surface area contributed by atoms with Crippen LogP contribution in [0.5, 0.6) is 0 Å². The van der Waals surface area contributed by atoms with Gasteiger partial charge in [-0.3, -0.25) is 14.3 Å². The number of fused-ring (bicyclic) bond motifs is 3. The van der Waals surface area contributed by atoms with Crippen LogP contribution in [0.3, 0.4) is 0 Å². The van der Waals surface area contributed by atoms with E-state index in [0.29, 0.717) is 49.1 Å². The number of carbonyl (C=O) groups excluding carboxylic acids is 2. The zero-order valence-corrected chi connectivity index (χ0v) is 23.1. The predicted octanol–water partition coefficient (Wildman–Crippen LogP) is 4.02. The van der Waals surface area contributed by atoms with Gasteiger partial charge in [-0.1, -0.05) is 48.9 Å². The Kier molecular flexibility index (Phi) is 10.1. The molecule has 0 spiro atoms. The molecule has 1 aliphatic heterocycles. The minimum absolute atomic E-state index is 0.0615. The summed E-state index contributed by atoms with van der Waals surface area (Å²) in [5.74, 6) is -0.244. The summed E-state index contributed by atoms with van der Waals surface area (Å²) >= 11 is 13.0. The van der Waals surface area contributed by atoms with Crippen LogP contribution < -0.4 is 11.1 Å². The highest BCUT2D eigenvalue weighted by atomic mass is 35.5. The number of benzene rings is 1. The molecule has 0 atom stereocenters. The molecule has 38 heavy (non-hydrogen) atoms. The van der Waals surface area contributed by atoms with E-state index in [0.717, 1.165) is 72.1 Å². The molecule has 9 nitrogen and oxygen atoms in total. The first-order valence-electron chi connectivity index (χ1n) is 13.3. The second-order valence-corrected chi connectivity index (χ2v) is 10.5. The number of rotatable bonds is 13. The van der Waals surface area contributed by atoms with Crippen molar-refractivity contribution in [2.24, 2.45) is 5.73 Å². The lowest BCUT2D eigenvalue weighted by Crippen LogP contribution is -2.37. The minimum atomic E-state index is -0.521. The molecule has 0 radical (unpaired) electrons. The number of aromatic amines is 1. The zero-order valence-electron chi connectivity index (χ0n) is 21.6. The smallest absolute Gasteiger partial charge is 0.248 e. The van der Waals surface area contributed by atoms with E-state index in [1.54, 1.807) is 15.6 Å². The Bertz CT molecular complexity index is 1270. The number of carbonyl (C=O) groups is 2. The third-order valence-electron chi connectivity index (χ3n) is 7.07. The Morgan fingerprint density at radius 2 is 1.92 bits per heavy atom. The van der Waals surface area contributed by atoms with Crippen molar-refractivity contribution in [1.82, 2.24) is 25.0 Å². The van der Waals surface area contributed by atoms with E-state index >= 15 is 0 Å². The molecule has 0 saturated heterocycles. The fourth-order valence-corrected chi connectivity index (χ4v) is 5.42. The highest BCUT2D eigenvalue weighted by Gasteiger charge is 2.27. The maximum Gasteiger partial charge on any atom is 0.248 e. The Balaban J connectivity index is 1.40. The van der Waals surface area contributed by atoms with Crippen LogP contribution in [-0.4, -0.2) is 62.8 Å². The number of nitrogens with one attached hydrogen (secondary N) is 2. The fourth-order valence-electron chi connectivity index (χ4n) is 5.02. The van der Waals surface area contributed by atoms with Gasteiger partial charge >= 0.3 is 0 Å². The Morgan fingerprint density at radius 1 is 1.16 bits per heavy atom. The van der Waals surface area contributed by atoms with Crippen molar-refractivity contribution < 1.29 is 14.7 Å². The molecule has 2 aromatic heterocycles. The molecule has 1 aliphatic rings. The second kappa shape index (κ2) is 13.5. The monoisotopic (exact) mass is 562 g/mol. The van der Waals surface area contributed by atoms with Gasteiger partial charge in [0.2, 0.25) is 11.8 Å². The van der Waals surface area contributed by atoms with Gasteiger partial charge in [-0.15, -0.1) is 0 Å². The number of halogens is 2. The quantitative estimate of drug-likeness (QED) is 0.234. The first-order chi connectivity index (χ1) is 18.4. The van der Waals surface area contributed by atoms with E-state index in [1.807, 2.05) is 12.3 Å². The number of aromatic nitrogens is 3. The molecular formula is C27H36Cl2N6O3. The van der Waals surface area contributed by atoms with Crippen molar-refractivity contribution in [2.45, 2.75) is 64.5 Å². The summed E-state index contributed by atoms with van der Waals surface area (Å²) in [5.41, 5.74) is 9.74. The molecule has 206 valence electrons. The Hall–Kier alpha value is -2.59. The van der Waals surface area contributed by atoms with Gasteiger partial charge in [-0.05, 0) is 31.5 Å². The van der Waals surface area contributed by atoms with Crippen LogP contribution in [0.25, 0.3) is 22.2 Å². The molecular weight excluding hydrogens is 527 g/mol. The summed E-state index contributed by atoms with van der Waals surface area (Å²) in [6.07, 6.45) is 9.56. The number of H-pyrrole nitrogens is 1. The fraction of sp³-hybridized carbons (Fsp3) is 0.519. The number of unbranched alkanes of at least 4 members (excludes halogenated alkanes) is 5. The summed E-state index contributed by atoms with van der Waals surface area (Å²) in [6, 6.07) is 3.71. The molecule has 11 heteroatoms. The SMILES string of the molecule is NCCCCCCCCC(=O)NCCn1ccc(-c2cc(Cl)c(Cl)c3[nH]c4c(c23)CN(C(=O)CO)CC4)n1. The summed E-state index contributed by atoms with van der Waals surface area (Å²) in [7, 11) is 0. The number of hydrogen-bond acceptors (Lipinski definition) is 5. The van der Waals surface area contributed by atoms with Crippen LogP contribution in [0.4, 0.5) is 0 Å². The standard InChI is InChI=1S/C27H36Cl2N6O3/c28-20-15-18(25-19-16-34(24(38)17-36)12-8-21(19)32-27(25)26(20)29)22-9-13-35(33-22)14-11-31-23(37)7-5-3-1-2-4-6-10-30/h9,13,15,32,36H,1-8,10-12,14,16-17,30H2,(H,31,37). The molecule has 2 amide bonds. The zero-order chi connectivity index (χ0) is 27.1. The van der Waals surface area contributed by atoms with Crippen molar-refractivity contribution in [3.63, 3.8) is 0 Å². The van der Waals surface area contributed by atoms with E-state index < -0.39 is 6.61 Å². The lowest BCUT2D eigenvalue weighted by molar-refractivity contribution is -0.135. The predicted molar refractivity (Wildman–Crippen MR) is 150 cm³/mol. The average molecular weight is 564 g/mol. The molecule has 5 N–H and O–H groups in total. The third kappa shape index (κ3) is 6.69. The van der Waals surface area contributed by atoms with Gasteiger partial charge in [0, 0.05) is 60.9 Å². The lowest BCUT2D eigenvalue weighted by Gasteiger charge is -2.26. The Labute approximate surface area is 232 Å². The largest absolute Gasteiger partial charge is 0.387 e. The maximum absolute atomic E-state index is 12.2. The number of nitrogens with zero attached hydrogens (tertiary/aromatic N) is 3. The van der Waals surface area contributed by atoms with Crippen molar-refractivity contribution in [2.75, 3.05) is 26.2 Å². The van der Waals surface area contributed by atoms with Gasteiger partial charge < -0.3 is 26.0 Å². The number of nitrogens with two attached hydrogens (primary N) is 1. The molecule has 0 aliphatic carbocycles. The van der Waals surface area contributed by atoms with Gasteiger partial charge in [-0.2, -0.15) is 5.10 Å². The van der Waals surface area contributed by atoms with Gasteiger partial charge in [-0.25, -0.2) is 0 Å². The molecule has 3 aromatic rings. The third-order valence-corrected chi connectivity index (χ3v) is 7.86. The number of amides is 2. The van der Waals surface area contributed by atoms with Crippen LogP contribution in [0.15, 0.2) is 18.3 Å². The van der Waals surface area contributed by atoms with Crippen molar-refractivity contribution >= 4 is 45.9 Å². The summed E-state index contributed by atoms with van der Waals surface area (Å²) < 4.78 is 1.79. The highest BCUT2D eigenvalue weighted by Crippen LogP contribution is 2.41. The van der Waals surface area contributed by atoms with Gasteiger partial charge in [0.15, 0.2) is 0 Å². The molecule has 3 heterocycles. The van der Waals surface area contributed by atoms with Crippen LogP contribution in [0.1, 0.15) is 56.2 Å². The summed E-state index contributed by atoms with van der Waals surface area (Å²) in [4.78, 5) is 29.4. The van der Waals surface area contributed by atoms with Crippen LogP contribution in [0.2, 0.25) is 10.0 Å². The van der Waals surface area contributed by atoms with Crippen molar-refractivity contribution in [3.8, 4) is 11.3 Å². The topological polar surface area (TPSA) is 129 Å². The first kappa shape index (κ1) is 28.4. The lowest BCUT2D eigenvalue weighted by atomic mass is 9.99. The number of aliphatic hydroxyl groups is 1. The van der Waals surface area contributed by atoms with Crippen molar-refractivity contribution in [1.29, 1.82) is 0 Å². The molecule has 0 fully saturated rings. The summed E-state index contributed by atoms with van der Waals surface area (Å²) in [6.45, 7) is 2.16. The van der Waals surface area contributed by atoms with Gasteiger partial charge in [0.1, 0.15) is 6.61 Å².